The Balaban J connectivity index is 1.32. The van der Waals surface area contributed by atoms with Gasteiger partial charge in [-0.1, -0.05) is 37.8 Å². The molecule has 0 radical (unpaired) electrons. The summed E-state index contributed by atoms with van der Waals surface area (Å²) in [7, 11) is 0. The third-order valence-electron chi connectivity index (χ3n) is 3.78. The van der Waals surface area contributed by atoms with E-state index >= 15 is 0 Å². The fourth-order valence-corrected chi connectivity index (χ4v) is 4.30. The van der Waals surface area contributed by atoms with Crippen molar-refractivity contribution in [3.8, 4) is 0 Å². The standard InChI is InChI=1S/C20H28N2S2/c1(3-9-15-23-17-19-11-5-7-13-21-19)2-4-10-16-24-18-20-12-6-8-14-22-20/h5-8,11-14H,1-4,9-10,15-18H2. The van der Waals surface area contributed by atoms with E-state index in [0.29, 0.717) is 0 Å². The van der Waals surface area contributed by atoms with Gasteiger partial charge in [0.05, 0.1) is 11.4 Å². The Morgan fingerprint density at radius 1 is 0.583 bits per heavy atom. The Bertz CT molecular complexity index is 470. The van der Waals surface area contributed by atoms with Crippen LogP contribution in [0.4, 0.5) is 0 Å². The average molecular weight is 361 g/mol. The molecule has 0 aliphatic heterocycles. The quantitative estimate of drug-likeness (QED) is 0.410. The first-order valence-corrected chi connectivity index (χ1v) is 11.2. The topological polar surface area (TPSA) is 25.8 Å². The fourth-order valence-electron chi connectivity index (χ4n) is 2.44. The van der Waals surface area contributed by atoms with E-state index in [4.69, 9.17) is 0 Å². The molecule has 0 bridgehead atoms. The second kappa shape index (κ2) is 13.3. The second-order valence-corrected chi connectivity index (χ2v) is 8.08. The van der Waals surface area contributed by atoms with Crippen LogP contribution in [0, 0.1) is 0 Å². The third kappa shape index (κ3) is 9.33. The summed E-state index contributed by atoms with van der Waals surface area (Å²) < 4.78 is 0. The normalized spacial score (nSPS) is 10.8. The number of hydrogen-bond donors (Lipinski definition) is 0. The van der Waals surface area contributed by atoms with Crippen LogP contribution >= 0.6 is 23.5 Å². The monoisotopic (exact) mass is 360 g/mol. The van der Waals surface area contributed by atoms with Crippen LogP contribution in [0.25, 0.3) is 0 Å². The molecule has 2 rings (SSSR count). The molecule has 0 aromatic carbocycles. The van der Waals surface area contributed by atoms with Crippen molar-refractivity contribution in [1.82, 2.24) is 9.97 Å². The Morgan fingerprint density at radius 2 is 1.04 bits per heavy atom. The van der Waals surface area contributed by atoms with E-state index in [0.717, 1.165) is 11.5 Å². The van der Waals surface area contributed by atoms with Gasteiger partial charge in [0.15, 0.2) is 0 Å². The van der Waals surface area contributed by atoms with Crippen LogP contribution in [0.2, 0.25) is 0 Å². The number of nitrogens with zero attached hydrogens (tertiary/aromatic N) is 2. The van der Waals surface area contributed by atoms with Crippen LogP contribution in [-0.2, 0) is 11.5 Å². The highest BCUT2D eigenvalue weighted by Crippen LogP contribution is 2.15. The molecule has 2 aromatic rings. The molecule has 0 saturated carbocycles. The minimum atomic E-state index is 1.05. The maximum absolute atomic E-state index is 4.35. The maximum Gasteiger partial charge on any atom is 0.0502 e. The summed E-state index contributed by atoms with van der Waals surface area (Å²) >= 11 is 4.01. The second-order valence-electron chi connectivity index (χ2n) is 5.87. The first-order valence-electron chi connectivity index (χ1n) is 8.90. The van der Waals surface area contributed by atoms with E-state index in [1.807, 2.05) is 48.1 Å². The molecule has 2 aromatic heterocycles. The van der Waals surface area contributed by atoms with Gasteiger partial charge in [-0.2, -0.15) is 23.5 Å². The highest BCUT2D eigenvalue weighted by molar-refractivity contribution is 7.98. The molecule has 2 heterocycles. The van der Waals surface area contributed by atoms with Crippen LogP contribution in [-0.4, -0.2) is 21.5 Å². The zero-order chi connectivity index (χ0) is 16.7. The smallest absolute Gasteiger partial charge is 0.0502 e. The molecule has 0 N–H and O–H groups in total. The summed E-state index contributed by atoms with van der Waals surface area (Å²) in [6.07, 6.45) is 11.9. The number of hydrogen-bond acceptors (Lipinski definition) is 4. The SMILES string of the molecule is c1ccc(CSCCCCCCCCSCc2ccccn2)nc1. The highest BCUT2D eigenvalue weighted by atomic mass is 32.2. The van der Waals surface area contributed by atoms with Crippen molar-refractivity contribution in [3.05, 3.63) is 60.2 Å². The van der Waals surface area contributed by atoms with Crippen molar-refractivity contribution in [2.24, 2.45) is 0 Å². The van der Waals surface area contributed by atoms with Gasteiger partial charge in [0, 0.05) is 23.9 Å². The Kier molecular flexibility index (Phi) is 10.7. The van der Waals surface area contributed by atoms with E-state index in [9.17, 15) is 0 Å². The van der Waals surface area contributed by atoms with Gasteiger partial charge in [-0.15, -0.1) is 0 Å². The Labute approximate surface area is 155 Å². The van der Waals surface area contributed by atoms with E-state index in [2.05, 4.69) is 34.2 Å². The number of unbranched alkanes of at least 4 members (excludes halogenated alkanes) is 5. The first-order chi connectivity index (χ1) is 11.9. The lowest BCUT2D eigenvalue weighted by molar-refractivity contribution is 0.629. The van der Waals surface area contributed by atoms with Crippen LogP contribution < -0.4 is 0 Å². The molecule has 0 spiro atoms. The molecule has 0 aliphatic carbocycles. The van der Waals surface area contributed by atoms with Gasteiger partial charge < -0.3 is 0 Å². The molecule has 0 unspecified atom stereocenters. The molecule has 2 nitrogen and oxygen atoms in total. The zero-order valence-corrected chi connectivity index (χ0v) is 16.0. The minimum Gasteiger partial charge on any atom is -0.260 e. The van der Waals surface area contributed by atoms with Gasteiger partial charge >= 0.3 is 0 Å². The summed E-state index contributed by atoms with van der Waals surface area (Å²) in [6, 6.07) is 12.3. The molecular formula is C20H28N2S2. The van der Waals surface area contributed by atoms with E-state index < -0.39 is 0 Å². The molecule has 4 heteroatoms. The molecular weight excluding hydrogens is 332 g/mol. The molecule has 0 aliphatic rings. The van der Waals surface area contributed by atoms with Gasteiger partial charge in [0.25, 0.3) is 0 Å². The molecule has 0 amide bonds. The van der Waals surface area contributed by atoms with Gasteiger partial charge in [0.2, 0.25) is 0 Å². The lowest BCUT2D eigenvalue weighted by Gasteiger charge is -2.03. The Hall–Kier alpha value is -1.00. The van der Waals surface area contributed by atoms with Crippen LogP contribution in [0.1, 0.15) is 49.9 Å². The largest absolute Gasteiger partial charge is 0.260 e. The van der Waals surface area contributed by atoms with Crippen molar-refractivity contribution in [2.45, 2.75) is 50.0 Å². The summed E-state index contributed by atoms with van der Waals surface area (Å²) in [4.78, 5) is 8.71. The van der Waals surface area contributed by atoms with Crippen LogP contribution in [0.3, 0.4) is 0 Å². The van der Waals surface area contributed by atoms with Crippen molar-refractivity contribution in [1.29, 1.82) is 0 Å². The lowest BCUT2D eigenvalue weighted by atomic mass is 10.1. The molecule has 0 saturated heterocycles. The fraction of sp³-hybridized carbons (Fsp3) is 0.500. The van der Waals surface area contributed by atoms with Crippen molar-refractivity contribution in [3.63, 3.8) is 0 Å². The first kappa shape index (κ1) is 19.3. The van der Waals surface area contributed by atoms with Crippen LogP contribution in [0.5, 0.6) is 0 Å². The van der Waals surface area contributed by atoms with Crippen molar-refractivity contribution < 1.29 is 0 Å². The molecule has 130 valence electrons. The molecule has 0 atom stereocenters. The highest BCUT2D eigenvalue weighted by Gasteiger charge is 1.96. The minimum absolute atomic E-state index is 1.05. The predicted octanol–water partition coefficient (Wildman–Crippen LogP) is 5.98. The number of rotatable bonds is 13. The van der Waals surface area contributed by atoms with Crippen LogP contribution in [0.15, 0.2) is 48.8 Å². The van der Waals surface area contributed by atoms with E-state index in [1.54, 1.807) is 0 Å². The number of aromatic nitrogens is 2. The third-order valence-corrected chi connectivity index (χ3v) is 5.93. The molecule has 0 fully saturated rings. The van der Waals surface area contributed by atoms with Gasteiger partial charge in [-0.05, 0) is 48.6 Å². The van der Waals surface area contributed by atoms with E-state index in [1.165, 1.54) is 61.4 Å². The Morgan fingerprint density at radius 3 is 1.46 bits per heavy atom. The maximum atomic E-state index is 4.35. The summed E-state index contributed by atoms with van der Waals surface area (Å²) in [5, 5.41) is 0. The van der Waals surface area contributed by atoms with Crippen molar-refractivity contribution >= 4 is 23.5 Å². The number of pyridine rings is 2. The number of thioether (sulfide) groups is 2. The summed E-state index contributed by atoms with van der Waals surface area (Å²) in [5.41, 5.74) is 2.40. The van der Waals surface area contributed by atoms with E-state index in [-0.39, 0.29) is 0 Å². The predicted molar refractivity (Wildman–Crippen MR) is 109 cm³/mol. The lowest BCUT2D eigenvalue weighted by Crippen LogP contribution is -1.88. The summed E-state index contributed by atoms with van der Waals surface area (Å²) in [5.74, 6) is 4.62. The average Bonchev–Trinajstić information content (AvgIpc) is 2.64. The summed E-state index contributed by atoms with van der Waals surface area (Å²) in [6.45, 7) is 0. The van der Waals surface area contributed by atoms with Gasteiger partial charge in [-0.25, -0.2) is 0 Å². The zero-order valence-electron chi connectivity index (χ0n) is 14.4. The molecule has 24 heavy (non-hydrogen) atoms. The van der Waals surface area contributed by atoms with Crippen molar-refractivity contribution in [2.75, 3.05) is 11.5 Å². The van der Waals surface area contributed by atoms with Gasteiger partial charge in [0.1, 0.15) is 0 Å². The van der Waals surface area contributed by atoms with Gasteiger partial charge in [-0.3, -0.25) is 9.97 Å².